The minimum Gasteiger partial charge on any atom is -0.370 e. The van der Waals surface area contributed by atoms with E-state index in [9.17, 15) is 4.39 Å². The van der Waals surface area contributed by atoms with Crippen LogP contribution >= 0.6 is 15.9 Å². The van der Waals surface area contributed by atoms with Gasteiger partial charge in [-0.05, 0) is 49.4 Å². The summed E-state index contributed by atoms with van der Waals surface area (Å²) in [5.74, 6) is 0.149. The fourth-order valence-electron chi connectivity index (χ4n) is 2.10. The molecule has 1 aromatic rings. The number of hydrogen-bond donors (Lipinski definition) is 0. The molecule has 0 bridgehead atoms. The number of hydrogen-bond acceptors (Lipinski definition) is 1. The molecule has 1 fully saturated rings. The van der Waals surface area contributed by atoms with Crippen LogP contribution in [0.2, 0.25) is 0 Å². The summed E-state index contributed by atoms with van der Waals surface area (Å²) in [4.78, 5) is 0. The fourth-order valence-corrected chi connectivity index (χ4v) is 2.48. The predicted octanol–water partition coefficient (Wildman–Crippen LogP) is 4.26. The van der Waals surface area contributed by atoms with Gasteiger partial charge < -0.3 is 4.74 Å². The van der Waals surface area contributed by atoms with Crippen molar-refractivity contribution in [2.45, 2.75) is 44.8 Å². The summed E-state index contributed by atoms with van der Waals surface area (Å²) in [5.41, 5.74) is 0.805. The number of benzene rings is 1. The number of ether oxygens (including phenoxy) is 1. The smallest absolute Gasteiger partial charge is 0.126 e. The highest BCUT2D eigenvalue weighted by atomic mass is 79.9. The lowest BCUT2D eigenvalue weighted by Crippen LogP contribution is -2.05. The van der Waals surface area contributed by atoms with E-state index in [1.807, 2.05) is 6.07 Å². The zero-order valence-electron chi connectivity index (χ0n) is 9.54. The predicted molar refractivity (Wildman–Crippen MR) is 66.1 cm³/mol. The molecular weight excluding hydrogens is 271 g/mol. The molecule has 0 radical (unpaired) electrons. The Morgan fingerprint density at radius 3 is 2.75 bits per heavy atom. The maximum absolute atomic E-state index is 13.7. The summed E-state index contributed by atoms with van der Waals surface area (Å²) >= 11 is 3.39. The van der Waals surface area contributed by atoms with Crippen molar-refractivity contribution in [2.24, 2.45) is 0 Å². The summed E-state index contributed by atoms with van der Waals surface area (Å²) in [6.45, 7) is 4.16. The maximum atomic E-state index is 13.7. The van der Waals surface area contributed by atoms with Crippen LogP contribution in [-0.2, 0) is 4.74 Å². The van der Waals surface area contributed by atoms with Gasteiger partial charge in [-0.2, -0.15) is 0 Å². The van der Waals surface area contributed by atoms with E-state index in [0.717, 1.165) is 22.9 Å². The van der Waals surface area contributed by atoms with Gasteiger partial charge in [-0.3, -0.25) is 0 Å². The molecule has 0 aliphatic carbocycles. The molecule has 1 saturated heterocycles. The van der Waals surface area contributed by atoms with Crippen molar-refractivity contribution in [3.63, 3.8) is 0 Å². The number of rotatable bonds is 4. The molecule has 1 aliphatic rings. The average Bonchev–Trinajstić information content (AvgIpc) is 2.95. The van der Waals surface area contributed by atoms with E-state index in [-0.39, 0.29) is 11.7 Å². The molecule has 0 saturated carbocycles. The van der Waals surface area contributed by atoms with E-state index in [0.29, 0.717) is 12.2 Å². The monoisotopic (exact) mass is 286 g/mol. The lowest BCUT2D eigenvalue weighted by Gasteiger charge is -2.15. The second-order valence-corrected chi connectivity index (χ2v) is 5.30. The summed E-state index contributed by atoms with van der Waals surface area (Å²) < 4.78 is 20.1. The van der Waals surface area contributed by atoms with E-state index in [4.69, 9.17) is 4.74 Å². The highest BCUT2D eigenvalue weighted by molar-refractivity contribution is 9.10. The molecule has 2 rings (SSSR count). The van der Waals surface area contributed by atoms with Crippen molar-refractivity contribution in [3.8, 4) is 0 Å². The largest absolute Gasteiger partial charge is 0.370 e. The quantitative estimate of drug-likeness (QED) is 0.754. The zero-order valence-corrected chi connectivity index (χ0v) is 11.1. The molecule has 1 aliphatic heterocycles. The Kier molecular flexibility index (Phi) is 3.65. The van der Waals surface area contributed by atoms with Gasteiger partial charge in [0, 0.05) is 4.47 Å². The Morgan fingerprint density at radius 2 is 2.19 bits per heavy atom. The van der Waals surface area contributed by atoms with Gasteiger partial charge in [-0.25, -0.2) is 4.39 Å². The number of epoxide rings is 1. The highest BCUT2D eigenvalue weighted by Gasteiger charge is 2.36. The van der Waals surface area contributed by atoms with E-state index < -0.39 is 0 Å². The second kappa shape index (κ2) is 4.84. The van der Waals surface area contributed by atoms with Crippen molar-refractivity contribution in [1.29, 1.82) is 0 Å². The SMILES string of the molecule is CCC(CC1OC1C)c1cc(Br)ccc1F. The lowest BCUT2D eigenvalue weighted by molar-refractivity contribution is 0.355. The zero-order chi connectivity index (χ0) is 11.7. The first-order valence-electron chi connectivity index (χ1n) is 5.72. The van der Waals surface area contributed by atoms with Crippen LogP contribution in [0, 0.1) is 5.82 Å². The first-order chi connectivity index (χ1) is 7.61. The third-order valence-electron chi connectivity index (χ3n) is 3.24. The molecule has 16 heavy (non-hydrogen) atoms. The van der Waals surface area contributed by atoms with Crippen molar-refractivity contribution in [2.75, 3.05) is 0 Å². The summed E-state index contributed by atoms with van der Waals surface area (Å²) in [6.07, 6.45) is 2.54. The van der Waals surface area contributed by atoms with Gasteiger partial charge in [0.25, 0.3) is 0 Å². The summed E-state index contributed by atoms with van der Waals surface area (Å²) in [6, 6.07) is 5.15. The van der Waals surface area contributed by atoms with Crippen LogP contribution in [0.25, 0.3) is 0 Å². The highest BCUT2D eigenvalue weighted by Crippen LogP contribution is 2.36. The fraction of sp³-hybridized carbons (Fsp3) is 0.538. The Hall–Kier alpha value is -0.410. The summed E-state index contributed by atoms with van der Waals surface area (Å²) in [7, 11) is 0. The van der Waals surface area contributed by atoms with Crippen LogP contribution in [0.5, 0.6) is 0 Å². The molecule has 88 valence electrons. The van der Waals surface area contributed by atoms with E-state index in [2.05, 4.69) is 29.8 Å². The molecule has 0 N–H and O–H groups in total. The van der Waals surface area contributed by atoms with Gasteiger partial charge in [-0.15, -0.1) is 0 Å². The third-order valence-corrected chi connectivity index (χ3v) is 3.74. The van der Waals surface area contributed by atoms with Gasteiger partial charge in [0.2, 0.25) is 0 Å². The third kappa shape index (κ3) is 2.64. The molecule has 0 aromatic heterocycles. The lowest BCUT2D eigenvalue weighted by atomic mass is 9.91. The molecule has 1 aromatic carbocycles. The molecule has 3 unspecified atom stereocenters. The van der Waals surface area contributed by atoms with Gasteiger partial charge in [0.05, 0.1) is 12.2 Å². The van der Waals surface area contributed by atoms with Crippen molar-refractivity contribution in [3.05, 3.63) is 34.1 Å². The normalized spacial score (nSPS) is 25.5. The minimum atomic E-state index is -0.108. The van der Waals surface area contributed by atoms with Gasteiger partial charge in [0.15, 0.2) is 0 Å². The summed E-state index contributed by atoms with van der Waals surface area (Å²) in [5, 5.41) is 0. The Bertz CT molecular complexity index is 380. The van der Waals surface area contributed by atoms with Crippen LogP contribution in [0.15, 0.2) is 22.7 Å². The Balaban J connectivity index is 2.15. The van der Waals surface area contributed by atoms with Crippen molar-refractivity contribution < 1.29 is 9.13 Å². The standard InChI is InChI=1S/C13H16BrFO/c1-3-9(6-13-8(2)16-13)11-7-10(14)4-5-12(11)15/h4-5,7-9,13H,3,6H2,1-2H3. The molecule has 1 nitrogen and oxygen atoms in total. The first-order valence-corrected chi connectivity index (χ1v) is 6.51. The van der Waals surface area contributed by atoms with Crippen molar-refractivity contribution in [1.82, 2.24) is 0 Å². The van der Waals surface area contributed by atoms with Crippen LogP contribution in [-0.4, -0.2) is 12.2 Å². The van der Waals surface area contributed by atoms with Crippen LogP contribution in [0.1, 0.15) is 38.2 Å². The van der Waals surface area contributed by atoms with Crippen LogP contribution < -0.4 is 0 Å². The van der Waals surface area contributed by atoms with E-state index >= 15 is 0 Å². The van der Waals surface area contributed by atoms with E-state index in [1.54, 1.807) is 6.07 Å². The Morgan fingerprint density at radius 1 is 1.50 bits per heavy atom. The average molecular weight is 287 g/mol. The Labute approximate surface area is 104 Å². The number of halogens is 2. The molecular formula is C13H16BrFO. The molecule has 3 heteroatoms. The molecule has 1 heterocycles. The van der Waals surface area contributed by atoms with Gasteiger partial charge in [-0.1, -0.05) is 22.9 Å². The van der Waals surface area contributed by atoms with Crippen molar-refractivity contribution >= 4 is 15.9 Å². The minimum absolute atomic E-state index is 0.108. The van der Waals surface area contributed by atoms with Gasteiger partial charge >= 0.3 is 0 Å². The van der Waals surface area contributed by atoms with Crippen LogP contribution in [0.4, 0.5) is 4.39 Å². The van der Waals surface area contributed by atoms with Gasteiger partial charge in [0.1, 0.15) is 5.82 Å². The van der Waals surface area contributed by atoms with E-state index in [1.165, 1.54) is 6.07 Å². The maximum Gasteiger partial charge on any atom is 0.126 e. The molecule has 3 atom stereocenters. The topological polar surface area (TPSA) is 12.5 Å². The van der Waals surface area contributed by atoms with Crippen LogP contribution in [0.3, 0.4) is 0 Å². The second-order valence-electron chi connectivity index (χ2n) is 4.39. The first kappa shape index (κ1) is 12.1. The molecule has 0 spiro atoms. The molecule has 0 amide bonds.